The third-order valence-electron chi connectivity index (χ3n) is 3.28. The molecular weight excluding hydrogens is 352 g/mol. The van der Waals surface area contributed by atoms with Crippen molar-refractivity contribution in [3.8, 4) is 0 Å². The molecule has 8 heteroatoms. The summed E-state index contributed by atoms with van der Waals surface area (Å²) in [5, 5.41) is 5.54. The Balaban J connectivity index is 1.83. The van der Waals surface area contributed by atoms with Gasteiger partial charge in [-0.1, -0.05) is 23.7 Å². The van der Waals surface area contributed by atoms with E-state index in [0.717, 1.165) is 12.1 Å². The molecule has 132 valence electrons. The molecule has 2 aromatic rings. The average Bonchev–Trinajstić information content (AvgIpc) is 2.52. The summed E-state index contributed by atoms with van der Waals surface area (Å²) < 4.78 is 26.0. The SMILES string of the molecule is C[NH+](CC(=O)Nc1ccc(F)c(F)c1)CC(=O)Nc1ccccc1Cl. The van der Waals surface area contributed by atoms with E-state index in [9.17, 15) is 18.4 Å². The van der Waals surface area contributed by atoms with Gasteiger partial charge >= 0.3 is 0 Å². The van der Waals surface area contributed by atoms with Gasteiger partial charge in [0.15, 0.2) is 24.7 Å². The standard InChI is InChI=1S/C17H16ClF2N3O2/c1-23(10-17(25)22-15-5-3-2-4-12(15)18)9-16(24)21-11-6-7-13(19)14(20)8-11/h2-8H,9-10H2,1H3,(H,21,24)(H,22,25)/p+1. The fraction of sp³-hybridized carbons (Fsp3) is 0.176. The minimum absolute atomic E-state index is 0.0189. The third-order valence-corrected chi connectivity index (χ3v) is 3.61. The van der Waals surface area contributed by atoms with Crippen LogP contribution in [0.3, 0.4) is 0 Å². The van der Waals surface area contributed by atoms with Gasteiger partial charge < -0.3 is 15.5 Å². The van der Waals surface area contributed by atoms with Crippen LogP contribution in [0, 0.1) is 11.6 Å². The zero-order valence-corrected chi connectivity index (χ0v) is 14.2. The minimum Gasteiger partial charge on any atom is -0.322 e. The zero-order valence-electron chi connectivity index (χ0n) is 13.4. The highest BCUT2D eigenvalue weighted by Crippen LogP contribution is 2.19. The van der Waals surface area contributed by atoms with Gasteiger partial charge in [-0.3, -0.25) is 9.59 Å². The van der Waals surface area contributed by atoms with Crippen molar-refractivity contribution >= 4 is 34.8 Å². The number of amides is 2. The van der Waals surface area contributed by atoms with E-state index in [-0.39, 0.29) is 24.7 Å². The largest absolute Gasteiger partial charge is 0.322 e. The first-order chi connectivity index (χ1) is 11.8. The summed E-state index contributed by atoms with van der Waals surface area (Å²) in [5.41, 5.74) is 0.644. The number of para-hydroxylation sites is 1. The van der Waals surface area contributed by atoms with Crippen molar-refractivity contribution in [2.75, 3.05) is 30.8 Å². The molecule has 2 amide bonds. The van der Waals surface area contributed by atoms with E-state index in [1.807, 2.05) is 0 Å². The van der Waals surface area contributed by atoms with E-state index in [2.05, 4.69) is 10.6 Å². The molecule has 1 unspecified atom stereocenters. The van der Waals surface area contributed by atoms with Gasteiger partial charge in [0.2, 0.25) is 0 Å². The van der Waals surface area contributed by atoms with Gasteiger partial charge in [-0.2, -0.15) is 0 Å². The predicted molar refractivity (Wildman–Crippen MR) is 91.7 cm³/mol. The molecule has 5 nitrogen and oxygen atoms in total. The summed E-state index contributed by atoms with van der Waals surface area (Å²) in [5.74, 6) is -2.75. The molecule has 0 bridgehead atoms. The fourth-order valence-corrected chi connectivity index (χ4v) is 2.33. The third kappa shape index (κ3) is 5.81. The molecule has 2 rings (SSSR count). The Labute approximate surface area is 148 Å². The van der Waals surface area contributed by atoms with Crippen LogP contribution in [0.15, 0.2) is 42.5 Å². The number of nitrogens with one attached hydrogen (secondary N) is 3. The van der Waals surface area contributed by atoms with Crippen LogP contribution in [-0.4, -0.2) is 32.0 Å². The smallest absolute Gasteiger partial charge is 0.279 e. The van der Waals surface area contributed by atoms with Crippen molar-refractivity contribution in [3.05, 3.63) is 59.1 Å². The normalized spacial score (nSPS) is 11.7. The van der Waals surface area contributed by atoms with Crippen LogP contribution >= 0.6 is 11.6 Å². The quantitative estimate of drug-likeness (QED) is 0.727. The Morgan fingerprint density at radius 3 is 2.28 bits per heavy atom. The molecule has 0 radical (unpaired) electrons. The minimum atomic E-state index is -1.04. The number of benzene rings is 2. The molecule has 25 heavy (non-hydrogen) atoms. The molecule has 0 spiro atoms. The van der Waals surface area contributed by atoms with Crippen molar-refractivity contribution in [2.45, 2.75) is 0 Å². The molecule has 2 aromatic carbocycles. The van der Waals surface area contributed by atoms with E-state index >= 15 is 0 Å². The molecule has 0 aliphatic heterocycles. The first kappa shape index (κ1) is 18.8. The van der Waals surface area contributed by atoms with Gasteiger partial charge in [0.1, 0.15) is 0 Å². The number of anilines is 2. The Kier molecular flexibility index (Phi) is 6.44. The first-order valence-electron chi connectivity index (χ1n) is 7.45. The maximum atomic E-state index is 13.1. The maximum Gasteiger partial charge on any atom is 0.279 e. The number of hydrogen-bond acceptors (Lipinski definition) is 2. The number of quaternary nitrogens is 1. The fourth-order valence-electron chi connectivity index (χ4n) is 2.15. The van der Waals surface area contributed by atoms with Crippen molar-refractivity contribution in [3.63, 3.8) is 0 Å². The highest BCUT2D eigenvalue weighted by Gasteiger charge is 2.15. The highest BCUT2D eigenvalue weighted by molar-refractivity contribution is 6.33. The summed E-state index contributed by atoms with van der Waals surface area (Å²) in [7, 11) is 1.66. The van der Waals surface area contributed by atoms with Crippen LogP contribution in [0.25, 0.3) is 0 Å². The van der Waals surface area contributed by atoms with Crippen molar-refractivity contribution in [1.29, 1.82) is 0 Å². The maximum absolute atomic E-state index is 13.1. The highest BCUT2D eigenvalue weighted by atomic mass is 35.5. The molecule has 0 saturated carbocycles. The lowest BCUT2D eigenvalue weighted by molar-refractivity contribution is -0.862. The Bertz CT molecular complexity index is 786. The molecule has 0 aliphatic carbocycles. The van der Waals surface area contributed by atoms with Crippen molar-refractivity contribution in [2.24, 2.45) is 0 Å². The summed E-state index contributed by atoms with van der Waals surface area (Å²) in [6.45, 7) is 0.0192. The number of likely N-dealkylation sites (N-methyl/N-ethyl adjacent to an activating group) is 1. The monoisotopic (exact) mass is 368 g/mol. The molecule has 0 fully saturated rings. The molecule has 1 atom stereocenters. The summed E-state index contributed by atoms with van der Waals surface area (Å²) in [6, 6.07) is 9.90. The second-order valence-electron chi connectivity index (χ2n) is 5.52. The van der Waals surface area contributed by atoms with Gasteiger partial charge in [0.25, 0.3) is 11.8 Å². The van der Waals surface area contributed by atoms with E-state index < -0.39 is 17.5 Å². The number of carbonyl (C=O) groups is 2. The number of halogens is 3. The van der Waals surface area contributed by atoms with Crippen molar-refractivity contribution < 1.29 is 23.3 Å². The van der Waals surface area contributed by atoms with Crippen LogP contribution < -0.4 is 15.5 Å². The Hall–Kier alpha value is -2.51. The Morgan fingerprint density at radius 2 is 1.64 bits per heavy atom. The molecular formula is C17H17ClF2N3O2+. The van der Waals surface area contributed by atoms with Gasteiger partial charge in [-0.05, 0) is 24.3 Å². The molecule has 3 N–H and O–H groups in total. The van der Waals surface area contributed by atoms with Crippen LogP contribution in [0.5, 0.6) is 0 Å². The lowest BCUT2D eigenvalue weighted by Gasteiger charge is -2.14. The van der Waals surface area contributed by atoms with Gasteiger partial charge in [0, 0.05) is 11.8 Å². The van der Waals surface area contributed by atoms with E-state index in [0.29, 0.717) is 15.6 Å². The molecule has 0 aliphatic rings. The topological polar surface area (TPSA) is 62.6 Å². The molecule has 0 aromatic heterocycles. The second kappa shape index (κ2) is 8.55. The second-order valence-corrected chi connectivity index (χ2v) is 5.92. The van der Waals surface area contributed by atoms with Crippen LogP contribution in [0.4, 0.5) is 20.2 Å². The lowest BCUT2D eigenvalue weighted by atomic mass is 10.3. The van der Waals surface area contributed by atoms with E-state index in [1.165, 1.54) is 6.07 Å². The summed E-state index contributed by atoms with van der Waals surface area (Å²) >= 11 is 5.96. The number of hydrogen-bond donors (Lipinski definition) is 3. The average molecular weight is 369 g/mol. The molecule has 0 saturated heterocycles. The summed E-state index contributed by atoms with van der Waals surface area (Å²) in [6.07, 6.45) is 0. The van der Waals surface area contributed by atoms with Crippen LogP contribution in [-0.2, 0) is 9.59 Å². The van der Waals surface area contributed by atoms with Crippen LogP contribution in [0.2, 0.25) is 5.02 Å². The van der Waals surface area contributed by atoms with E-state index in [1.54, 1.807) is 31.3 Å². The van der Waals surface area contributed by atoms with Gasteiger partial charge in [-0.15, -0.1) is 0 Å². The Morgan fingerprint density at radius 1 is 1.00 bits per heavy atom. The van der Waals surface area contributed by atoms with Crippen LogP contribution in [0.1, 0.15) is 0 Å². The van der Waals surface area contributed by atoms with Gasteiger partial charge in [-0.25, -0.2) is 8.78 Å². The summed E-state index contributed by atoms with van der Waals surface area (Å²) in [4.78, 5) is 24.5. The van der Waals surface area contributed by atoms with E-state index in [4.69, 9.17) is 11.6 Å². The number of rotatable bonds is 6. The lowest BCUT2D eigenvalue weighted by Crippen LogP contribution is -3.11. The van der Waals surface area contributed by atoms with Gasteiger partial charge in [0.05, 0.1) is 17.8 Å². The molecule has 0 heterocycles. The zero-order chi connectivity index (χ0) is 18.4. The number of carbonyl (C=O) groups excluding carboxylic acids is 2. The first-order valence-corrected chi connectivity index (χ1v) is 7.83. The van der Waals surface area contributed by atoms with Crippen molar-refractivity contribution in [1.82, 2.24) is 0 Å². The predicted octanol–water partition coefficient (Wildman–Crippen LogP) is 1.71.